The number of aliphatic hydroxyl groups excluding tert-OH is 1. The van der Waals surface area contributed by atoms with Gasteiger partial charge in [-0.15, -0.1) is 0 Å². The lowest BCUT2D eigenvalue weighted by atomic mass is 10.0. The topological polar surface area (TPSA) is 58.6 Å². The molecule has 2 N–H and O–H groups in total. The maximum Gasteiger partial charge on any atom is 0.407 e. The summed E-state index contributed by atoms with van der Waals surface area (Å²) in [5, 5.41) is 13.0. The Labute approximate surface area is 168 Å². The standard InChI is InChI=1S/C24H31NO3/c1-24(2,3)28-23(27)25-18-21-13-8-7-12-20(21)14-9-15-22(26)17-16-19-10-5-4-6-11-19/h4-13,15,22,26H,14,16-18H2,1-3H3,(H,25,27)/b15-9+/t22-/m0/s1. The summed E-state index contributed by atoms with van der Waals surface area (Å²) >= 11 is 0. The van der Waals surface area contributed by atoms with Crippen molar-refractivity contribution in [3.8, 4) is 0 Å². The van der Waals surface area contributed by atoms with Crippen LogP contribution < -0.4 is 5.32 Å². The molecule has 2 aromatic carbocycles. The molecule has 0 fully saturated rings. The molecule has 2 aromatic rings. The highest BCUT2D eigenvalue weighted by atomic mass is 16.6. The van der Waals surface area contributed by atoms with Crippen molar-refractivity contribution in [1.82, 2.24) is 5.32 Å². The largest absolute Gasteiger partial charge is 0.444 e. The number of rotatable bonds is 8. The quantitative estimate of drug-likeness (QED) is 0.646. The van der Waals surface area contributed by atoms with E-state index in [2.05, 4.69) is 17.4 Å². The van der Waals surface area contributed by atoms with Gasteiger partial charge in [0.2, 0.25) is 0 Å². The molecule has 28 heavy (non-hydrogen) atoms. The number of benzene rings is 2. The average molecular weight is 382 g/mol. The van der Waals surface area contributed by atoms with Crippen LogP contribution in [0.15, 0.2) is 66.7 Å². The summed E-state index contributed by atoms with van der Waals surface area (Å²) in [5.74, 6) is 0. The van der Waals surface area contributed by atoms with E-state index in [0.29, 0.717) is 19.4 Å². The number of nitrogens with one attached hydrogen (secondary N) is 1. The van der Waals surface area contributed by atoms with Gasteiger partial charge in [-0.1, -0.05) is 66.7 Å². The molecule has 4 heteroatoms. The van der Waals surface area contributed by atoms with Crippen molar-refractivity contribution in [3.63, 3.8) is 0 Å². The molecule has 150 valence electrons. The van der Waals surface area contributed by atoms with Crippen LogP contribution in [0.25, 0.3) is 0 Å². The highest BCUT2D eigenvalue weighted by Crippen LogP contribution is 2.12. The lowest BCUT2D eigenvalue weighted by Crippen LogP contribution is -2.32. The first-order valence-corrected chi connectivity index (χ1v) is 9.76. The lowest BCUT2D eigenvalue weighted by Gasteiger charge is -2.20. The van der Waals surface area contributed by atoms with Gasteiger partial charge in [0.05, 0.1) is 6.10 Å². The monoisotopic (exact) mass is 381 g/mol. The summed E-state index contributed by atoms with van der Waals surface area (Å²) in [7, 11) is 0. The zero-order valence-electron chi connectivity index (χ0n) is 17.0. The number of ether oxygens (including phenoxy) is 1. The van der Waals surface area contributed by atoms with E-state index in [9.17, 15) is 9.90 Å². The average Bonchev–Trinajstić information content (AvgIpc) is 2.65. The summed E-state index contributed by atoms with van der Waals surface area (Å²) in [4.78, 5) is 11.9. The molecular weight excluding hydrogens is 350 g/mol. The van der Waals surface area contributed by atoms with E-state index in [0.717, 1.165) is 17.5 Å². The minimum absolute atomic E-state index is 0.412. The number of alkyl carbamates (subject to hydrolysis) is 1. The summed E-state index contributed by atoms with van der Waals surface area (Å²) in [6, 6.07) is 18.1. The van der Waals surface area contributed by atoms with Crippen LogP contribution in [0.1, 0.15) is 43.9 Å². The van der Waals surface area contributed by atoms with Crippen molar-refractivity contribution in [3.05, 3.63) is 83.4 Å². The Bertz CT molecular complexity index is 763. The van der Waals surface area contributed by atoms with Gasteiger partial charge in [-0.2, -0.15) is 0 Å². The van der Waals surface area contributed by atoms with Crippen LogP contribution in [-0.4, -0.2) is 22.9 Å². The number of aliphatic hydroxyl groups is 1. The molecule has 0 saturated carbocycles. The molecule has 0 aliphatic heterocycles. The number of allylic oxidation sites excluding steroid dienone is 1. The van der Waals surface area contributed by atoms with Crippen molar-refractivity contribution in [2.75, 3.05) is 0 Å². The second-order valence-corrected chi connectivity index (χ2v) is 7.85. The molecule has 0 radical (unpaired) electrons. The third kappa shape index (κ3) is 8.40. The van der Waals surface area contributed by atoms with Gasteiger partial charge in [-0.3, -0.25) is 0 Å². The lowest BCUT2D eigenvalue weighted by molar-refractivity contribution is 0.0523. The summed E-state index contributed by atoms with van der Waals surface area (Å²) in [6.45, 7) is 5.94. The fourth-order valence-corrected chi connectivity index (χ4v) is 2.82. The van der Waals surface area contributed by atoms with Crippen molar-refractivity contribution in [2.24, 2.45) is 0 Å². The fraction of sp³-hybridized carbons (Fsp3) is 0.375. The molecule has 0 bridgehead atoms. The number of hydrogen-bond donors (Lipinski definition) is 2. The van der Waals surface area contributed by atoms with E-state index in [4.69, 9.17) is 4.74 Å². The molecule has 0 saturated heterocycles. The van der Waals surface area contributed by atoms with Gasteiger partial charge in [0, 0.05) is 6.54 Å². The Morgan fingerprint density at radius 2 is 1.71 bits per heavy atom. The molecule has 0 aliphatic rings. The van der Waals surface area contributed by atoms with Crippen LogP contribution in [0.5, 0.6) is 0 Å². The SMILES string of the molecule is CC(C)(C)OC(=O)NCc1ccccc1C/C=C/[C@H](O)CCc1ccccc1. The van der Waals surface area contributed by atoms with Crippen molar-refractivity contribution < 1.29 is 14.6 Å². The van der Waals surface area contributed by atoms with Crippen LogP contribution in [0, 0.1) is 0 Å². The number of aryl methyl sites for hydroxylation is 1. The Balaban J connectivity index is 1.83. The number of carbonyl (C=O) groups excluding carboxylic acids is 1. The fourth-order valence-electron chi connectivity index (χ4n) is 2.82. The van der Waals surface area contributed by atoms with Crippen molar-refractivity contribution in [1.29, 1.82) is 0 Å². The minimum Gasteiger partial charge on any atom is -0.444 e. The van der Waals surface area contributed by atoms with Crippen LogP contribution in [-0.2, 0) is 24.1 Å². The molecule has 1 atom stereocenters. The number of amides is 1. The highest BCUT2D eigenvalue weighted by Gasteiger charge is 2.15. The van der Waals surface area contributed by atoms with E-state index in [1.54, 1.807) is 0 Å². The minimum atomic E-state index is -0.512. The second kappa shape index (κ2) is 10.7. The molecule has 0 aromatic heterocycles. The highest BCUT2D eigenvalue weighted by molar-refractivity contribution is 5.67. The third-order valence-corrected chi connectivity index (χ3v) is 4.21. The molecule has 1 amide bonds. The van der Waals surface area contributed by atoms with Crippen LogP contribution >= 0.6 is 0 Å². The summed E-state index contributed by atoms with van der Waals surface area (Å²) in [6.07, 6.45) is 5.20. The normalized spacial score (nSPS) is 12.7. The molecule has 2 rings (SSSR count). The van der Waals surface area contributed by atoms with Crippen LogP contribution in [0.2, 0.25) is 0 Å². The van der Waals surface area contributed by atoms with E-state index in [-0.39, 0.29) is 0 Å². The zero-order valence-corrected chi connectivity index (χ0v) is 17.0. The summed E-state index contributed by atoms with van der Waals surface area (Å²) < 4.78 is 5.28. The first kappa shape index (κ1) is 21.7. The molecule has 0 unspecified atom stereocenters. The van der Waals surface area contributed by atoms with Gasteiger partial charge in [0.15, 0.2) is 0 Å². The number of hydrogen-bond acceptors (Lipinski definition) is 3. The van der Waals surface area contributed by atoms with Gasteiger partial charge in [-0.05, 0) is 56.7 Å². The van der Waals surface area contributed by atoms with E-state index >= 15 is 0 Å². The molecular formula is C24H31NO3. The zero-order chi connectivity index (χ0) is 20.4. The Morgan fingerprint density at radius 1 is 1.07 bits per heavy atom. The third-order valence-electron chi connectivity index (χ3n) is 4.21. The maximum atomic E-state index is 11.9. The van der Waals surface area contributed by atoms with Crippen LogP contribution in [0.3, 0.4) is 0 Å². The van der Waals surface area contributed by atoms with E-state index in [1.165, 1.54) is 5.56 Å². The predicted molar refractivity (Wildman–Crippen MR) is 113 cm³/mol. The van der Waals surface area contributed by atoms with Gasteiger partial charge >= 0.3 is 6.09 Å². The second-order valence-electron chi connectivity index (χ2n) is 7.85. The first-order chi connectivity index (χ1) is 13.3. The van der Waals surface area contributed by atoms with Gasteiger partial charge in [0.1, 0.15) is 5.60 Å². The van der Waals surface area contributed by atoms with E-state index in [1.807, 2.05) is 75.4 Å². The van der Waals surface area contributed by atoms with Gasteiger partial charge < -0.3 is 15.2 Å². The molecule has 4 nitrogen and oxygen atoms in total. The summed E-state index contributed by atoms with van der Waals surface area (Å²) in [5.41, 5.74) is 2.87. The van der Waals surface area contributed by atoms with Crippen molar-refractivity contribution in [2.45, 2.75) is 58.3 Å². The van der Waals surface area contributed by atoms with Crippen LogP contribution in [0.4, 0.5) is 4.79 Å². The Hall–Kier alpha value is -2.59. The molecule has 0 heterocycles. The number of carbonyl (C=O) groups is 1. The van der Waals surface area contributed by atoms with Gasteiger partial charge in [0.25, 0.3) is 0 Å². The predicted octanol–water partition coefficient (Wildman–Crippen LogP) is 4.80. The van der Waals surface area contributed by atoms with E-state index < -0.39 is 17.8 Å². The Morgan fingerprint density at radius 3 is 2.39 bits per heavy atom. The maximum absolute atomic E-state index is 11.9. The van der Waals surface area contributed by atoms with Gasteiger partial charge in [-0.25, -0.2) is 4.79 Å². The molecule has 0 aliphatic carbocycles. The molecule has 0 spiro atoms. The smallest absolute Gasteiger partial charge is 0.407 e. The Kier molecular flexibility index (Phi) is 8.27. The first-order valence-electron chi connectivity index (χ1n) is 9.76. The van der Waals surface area contributed by atoms with Crippen molar-refractivity contribution >= 4 is 6.09 Å².